The van der Waals surface area contributed by atoms with Crippen LogP contribution in [0.25, 0.3) is 11.2 Å². The number of morpholine rings is 1. The summed E-state index contributed by atoms with van der Waals surface area (Å²) < 4.78 is 7.63. The van der Waals surface area contributed by atoms with Gasteiger partial charge in [0.2, 0.25) is 5.95 Å². The van der Waals surface area contributed by atoms with Crippen molar-refractivity contribution in [3.8, 4) is 0 Å². The molecule has 176 valence electrons. The molecule has 2 aliphatic rings. The van der Waals surface area contributed by atoms with Gasteiger partial charge in [0.15, 0.2) is 17.0 Å². The third kappa shape index (κ3) is 5.26. The molecule has 1 aliphatic carbocycles. The minimum absolute atomic E-state index is 0.388. The monoisotopic (exact) mass is 451 g/mol. The highest BCUT2D eigenvalue weighted by atomic mass is 16.5. The van der Waals surface area contributed by atoms with Crippen LogP contribution in [0.5, 0.6) is 0 Å². The van der Waals surface area contributed by atoms with E-state index in [4.69, 9.17) is 9.72 Å². The lowest BCUT2D eigenvalue weighted by Gasteiger charge is -2.26. The number of hydrogen-bond donors (Lipinski definition) is 3. The van der Waals surface area contributed by atoms with Gasteiger partial charge in [0, 0.05) is 37.9 Å². The number of nitrogens with zero attached hydrogens (tertiary/aromatic N) is 5. The van der Waals surface area contributed by atoms with Gasteiger partial charge in [-0.15, -0.1) is 0 Å². The Morgan fingerprint density at radius 3 is 2.61 bits per heavy atom. The van der Waals surface area contributed by atoms with Crippen LogP contribution in [0.15, 0.2) is 30.6 Å². The quantitative estimate of drug-likeness (QED) is 0.480. The van der Waals surface area contributed by atoms with E-state index in [0.717, 1.165) is 62.5 Å². The molecule has 0 amide bonds. The van der Waals surface area contributed by atoms with Gasteiger partial charge in [-0.3, -0.25) is 4.90 Å². The van der Waals surface area contributed by atoms with Gasteiger partial charge >= 0.3 is 0 Å². The smallest absolute Gasteiger partial charge is 0.226 e. The number of rotatable bonds is 8. The average molecular weight is 452 g/mol. The van der Waals surface area contributed by atoms with Crippen LogP contribution in [0.2, 0.25) is 0 Å². The van der Waals surface area contributed by atoms with Crippen molar-refractivity contribution in [3.05, 3.63) is 36.2 Å². The van der Waals surface area contributed by atoms with Crippen LogP contribution in [0.1, 0.15) is 44.2 Å². The molecular weight excluding hydrogens is 418 g/mol. The molecule has 0 spiro atoms. The molecule has 1 unspecified atom stereocenters. The molecule has 2 aromatic heterocycles. The molecule has 3 aromatic rings. The average Bonchev–Trinajstić information content (AvgIpc) is 3.50. The van der Waals surface area contributed by atoms with Gasteiger partial charge in [-0.1, -0.05) is 25.0 Å². The summed E-state index contributed by atoms with van der Waals surface area (Å²) in [5.41, 5.74) is 3.83. The number of nitrogens with one attached hydrogen (secondary N) is 2. The largest absolute Gasteiger partial charge is 0.392 e. The van der Waals surface area contributed by atoms with Gasteiger partial charge in [-0.25, -0.2) is 4.98 Å². The van der Waals surface area contributed by atoms with Crippen LogP contribution in [0.4, 0.5) is 17.5 Å². The summed E-state index contributed by atoms with van der Waals surface area (Å²) in [4.78, 5) is 16.5. The van der Waals surface area contributed by atoms with E-state index in [1.807, 2.05) is 6.33 Å². The third-order valence-electron chi connectivity index (χ3n) is 6.42. The molecule has 5 rings (SSSR count). The summed E-state index contributed by atoms with van der Waals surface area (Å²) in [7, 11) is 0. The Labute approximate surface area is 194 Å². The highest BCUT2D eigenvalue weighted by molar-refractivity contribution is 5.86. The second-order valence-electron chi connectivity index (χ2n) is 9.10. The van der Waals surface area contributed by atoms with Crippen LogP contribution in [-0.2, 0) is 11.3 Å². The number of hydrogen-bond acceptors (Lipinski definition) is 8. The lowest BCUT2D eigenvalue weighted by molar-refractivity contribution is 0.0342. The maximum absolute atomic E-state index is 9.70. The zero-order valence-electron chi connectivity index (χ0n) is 19.2. The van der Waals surface area contributed by atoms with Gasteiger partial charge in [0.25, 0.3) is 0 Å². The molecule has 9 heteroatoms. The summed E-state index contributed by atoms with van der Waals surface area (Å²) in [5.74, 6) is 1.17. The normalized spacial score (nSPS) is 18.6. The van der Waals surface area contributed by atoms with Crippen LogP contribution in [-0.4, -0.2) is 68.5 Å². The number of imidazole rings is 1. The first-order valence-corrected chi connectivity index (χ1v) is 12.0. The molecule has 0 bridgehead atoms. The highest BCUT2D eigenvalue weighted by Crippen LogP contribution is 2.33. The summed E-state index contributed by atoms with van der Waals surface area (Å²) in [5, 5.41) is 16.3. The Morgan fingerprint density at radius 1 is 1.12 bits per heavy atom. The topological polar surface area (TPSA) is 100 Å². The zero-order chi connectivity index (χ0) is 22.6. The molecule has 1 aliphatic heterocycles. The van der Waals surface area contributed by atoms with Crippen molar-refractivity contribution in [2.24, 2.45) is 0 Å². The molecule has 33 heavy (non-hydrogen) atoms. The summed E-state index contributed by atoms with van der Waals surface area (Å²) in [6, 6.07) is 8.91. The van der Waals surface area contributed by atoms with Crippen molar-refractivity contribution < 1.29 is 9.84 Å². The van der Waals surface area contributed by atoms with Gasteiger partial charge in [0.05, 0.1) is 25.6 Å². The van der Waals surface area contributed by atoms with Crippen LogP contribution in [0.3, 0.4) is 0 Å². The van der Waals surface area contributed by atoms with Gasteiger partial charge < -0.3 is 25.0 Å². The van der Waals surface area contributed by atoms with E-state index in [2.05, 4.69) is 54.3 Å². The van der Waals surface area contributed by atoms with Crippen LogP contribution < -0.4 is 10.6 Å². The molecule has 3 N–H and O–H groups in total. The van der Waals surface area contributed by atoms with E-state index in [1.165, 1.54) is 18.4 Å². The maximum Gasteiger partial charge on any atom is 0.226 e. The highest BCUT2D eigenvalue weighted by Gasteiger charge is 2.22. The van der Waals surface area contributed by atoms with Crippen molar-refractivity contribution in [3.63, 3.8) is 0 Å². The number of aliphatic hydroxyl groups excluding tert-OH is 1. The lowest BCUT2D eigenvalue weighted by Crippen LogP contribution is -2.35. The van der Waals surface area contributed by atoms with E-state index < -0.39 is 6.10 Å². The first kappa shape index (κ1) is 22.1. The second kappa shape index (κ2) is 10.0. The Morgan fingerprint density at radius 2 is 1.88 bits per heavy atom. The van der Waals surface area contributed by atoms with E-state index in [-0.39, 0.29) is 0 Å². The predicted molar refractivity (Wildman–Crippen MR) is 129 cm³/mol. The van der Waals surface area contributed by atoms with E-state index in [9.17, 15) is 5.11 Å². The number of anilines is 3. The second-order valence-corrected chi connectivity index (χ2v) is 9.10. The minimum atomic E-state index is -0.487. The fraction of sp³-hybridized carbons (Fsp3) is 0.542. The van der Waals surface area contributed by atoms with Gasteiger partial charge in [0.1, 0.15) is 0 Å². The van der Waals surface area contributed by atoms with Crippen molar-refractivity contribution in [1.29, 1.82) is 0 Å². The van der Waals surface area contributed by atoms with Crippen molar-refractivity contribution >= 4 is 28.6 Å². The predicted octanol–water partition coefficient (Wildman–Crippen LogP) is 3.31. The molecular formula is C24H33N7O2. The van der Waals surface area contributed by atoms with Crippen molar-refractivity contribution in [2.45, 2.75) is 51.3 Å². The van der Waals surface area contributed by atoms with Crippen LogP contribution in [0, 0.1) is 0 Å². The maximum atomic E-state index is 9.70. The van der Waals surface area contributed by atoms with E-state index in [0.29, 0.717) is 24.4 Å². The number of aromatic nitrogens is 4. The Kier molecular flexibility index (Phi) is 6.70. The number of fused-ring (bicyclic) bond motifs is 1. The number of aliphatic hydroxyl groups is 1. The summed E-state index contributed by atoms with van der Waals surface area (Å²) in [6.45, 7) is 6.63. The fourth-order valence-corrected chi connectivity index (χ4v) is 4.62. The summed E-state index contributed by atoms with van der Waals surface area (Å²) >= 11 is 0. The van der Waals surface area contributed by atoms with Crippen LogP contribution >= 0.6 is 0 Å². The van der Waals surface area contributed by atoms with E-state index >= 15 is 0 Å². The molecule has 9 nitrogen and oxygen atoms in total. The Bertz CT molecular complexity index is 1050. The number of benzene rings is 1. The zero-order valence-corrected chi connectivity index (χ0v) is 19.2. The SMILES string of the molecule is CC(O)CNc1nc(Nc2ccc(CN3CCOCC3)cc2)c2ncn(C3CCCC3)c2n1. The van der Waals surface area contributed by atoms with Gasteiger partial charge in [-0.2, -0.15) is 9.97 Å². The van der Waals surface area contributed by atoms with E-state index in [1.54, 1.807) is 6.92 Å². The molecule has 2 fully saturated rings. The van der Waals surface area contributed by atoms with Crippen molar-refractivity contribution in [1.82, 2.24) is 24.4 Å². The first-order chi connectivity index (χ1) is 16.2. The third-order valence-corrected chi connectivity index (χ3v) is 6.42. The first-order valence-electron chi connectivity index (χ1n) is 12.0. The molecule has 1 saturated carbocycles. The van der Waals surface area contributed by atoms with Gasteiger partial charge in [-0.05, 0) is 37.5 Å². The Balaban J connectivity index is 1.38. The lowest BCUT2D eigenvalue weighted by atomic mass is 10.2. The standard InChI is InChI=1S/C24H33N7O2/c1-17(32)14-25-24-28-22(21-23(29-24)31(16-26-21)20-4-2-3-5-20)27-19-8-6-18(7-9-19)15-30-10-12-33-13-11-30/h6-9,16-17,20,32H,2-5,10-15H2,1H3,(H2,25,27,28,29). The molecule has 1 aromatic carbocycles. The molecule has 0 radical (unpaired) electrons. The minimum Gasteiger partial charge on any atom is -0.392 e. The van der Waals surface area contributed by atoms with Crippen molar-refractivity contribution in [2.75, 3.05) is 43.5 Å². The Hall–Kier alpha value is -2.75. The fourth-order valence-electron chi connectivity index (χ4n) is 4.62. The molecule has 3 heterocycles. The summed E-state index contributed by atoms with van der Waals surface area (Å²) in [6.07, 6.45) is 6.19. The molecule has 1 atom stereocenters. The number of ether oxygens (including phenoxy) is 1. The molecule has 1 saturated heterocycles.